The quantitative estimate of drug-likeness (QED) is 0.817. The monoisotopic (exact) mass is 252 g/mol. The van der Waals surface area contributed by atoms with Crippen LogP contribution in [0.15, 0.2) is 28.9 Å². The van der Waals surface area contributed by atoms with Gasteiger partial charge in [0, 0.05) is 16.4 Å². The molecule has 2 rings (SSSR count). The van der Waals surface area contributed by atoms with Gasteiger partial charge >= 0.3 is 0 Å². The minimum atomic E-state index is 1.01. The lowest BCUT2D eigenvalue weighted by molar-refractivity contribution is 0.588. The van der Waals surface area contributed by atoms with Crippen LogP contribution in [-0.2, 0) is 6.54 Å². The highest BCUT2D eigenvalue weighted by Crippen LogP contribution is 2.23. The molecule has 74 valence electrons. The molecule has 2 nitrogen and oxygen atoms in total. The molecule has 0 bridgehead atoms. The summed E-state index contributed by atoms with van der Waals surface area (Å²) in [7, 11) is 0. The number of benzene rings is 1. The van der Waals surface area contributed by atoms with Crippen molar-refractivity contribution >= 4 is 26.8 Å². The summed E-state index contributed by atoms with van der Waals surface area (Å²) in [5.41, 5.74) is 1.22. The van der Waals surface area contributed by atoms with E-state index >= 15 is 0 Å². The topological polar surface area (TPSA) is 17.8 Å². The van der Waals surface area contributed by atoms with Crippen LogP contribution in [0.1, 0.15) is 19.8 Å². The van der Waals surface area contributed by atoms with Crippen molar-refractivity contribution in [2.24, 2.45) is 0 Å². The van der Waals surface area contributed by atoms with Crippen LogP contribution in [0.25, 0.3) is 10.9 Å². The fraction of sp³-hybridized carbons (Fsp3) is 0.364. The molecule has 0 unspecified atom stereocenters. The summed E-state index contributed by atoms with van der Waals surface area (Å²) in [6, 6.07) is 6.22. The maximum Gasteiger partial charge on any atom is 0.0693 e. The second-order valence-corrected chi connectivity index (χ2v) is 4.25. The van der Waals surface area contributed by atoms with Crippen LogP contribution in [0.5, 0.6) is 0 Å². The molecule has 1 heterocycles. The van der Waals surface area contributed by atoms with Crippen LogP contribution in [0, 0.1) is 0 Å². The molecule has 0 fully saturated rings. The Labute approximate surface area is 92.0 Å². The van der Waals surface area contributed by atoms with E-state index in [0.29, 0.717) is 0 Å². The Bertz CT molecular complexity index is 434. The maximum absolute atomic E-state index is 4.38. The summed E-state index contributed by atoms with van der Waals surface area (Å²) in [5.74, 6) is 0. The predicted octanol–water partition coefficient (Wildman–Crippen LogP) is 3.60. The first-order chi connectivity index (χ1) is 6.83. The number of unbranched alkanes of at least 4 members (excludes halogenated alkanes) is 1. The van der Waals surface area contributed by atoms with E-state index in [0.717, 1.165) is 11.0 Å². The molecule has 2 aromatic rings. The molecule has 0 spiro atoms. The van der Waals surface area contributed by atoms with Gasteiger partial charge in [-0.3, -0.25) is 4.68 Å². The van der Waals surface area contributed by atoms with Crippen LogP contribution in [0.2, 0.25) is 0 Å². The normalized spacial score (nSPS) is 11.0. The van der Waals surface area contributed by atoms with Gasteiger partial charge in [0.15, 0.2) is 0 Å². The molecule has 0 aliphatic carbocycles. The third-order valence-electron chi connectivity index (χ3n) is 2.36. The van der Waals surface area contributed by atoms with Crippen molar-refractivity contribution in [3.63, 3.8) is 0 Å². The van der Waals surface area contributed by atoms with Gasteiger partial charge in [0.1, 0.15) is 0 Å². The molecule has 0 radical (unpaired) electrons. The zero-order valence-corrected chi connectivity index (χ0v) is 9.79. The summed E-state index contributed by atoms with van der Waals surface area (Å²) in [4.78, 5) is 0. The molecular weight excluding hydrogens is 240 g/mol. The number of rotatable bonds is 3. The van der Waals surface area contributed by atoms with Crippen molar-refractivity contribution in [2.45, 2.75) is 26.3 Å². The zero-order valence-electron chi connectivity index (χ0n) is 8.20. The van der Waals surface area contributed by atoms with E-state index in [9.17, 15) is 0 Å². The molecule has 1 aromatic carbocycles. The summed E-state index contributed by atoms with van der Waals surface area (Å²) >= 11 is 3.53. The second kappa shape index (κ2) is 4.13. The van der Waals surface area contributed by atoms with Crippen molar-refractivity contribution in [2.75, 3.05) is 0 Å². The highest BCUT2D eigenvalue weighted by atomic mass is 79.9. The van der Waals surface area contributed by atoms with Crippen LogP contribution in [-0.4, -0.2) is 9.78 Å². The summed E-state index contributed by atoms with van der Waals surface area (Å²) < 4.78 is 3.20. The molecule has 1 aromatic heterocycles. The van der Waals surface area contributed by atoms with Crippen LogP contribution in [0.4, 0.5) is 0 Å². The minimum absolute atomic E-state index is 1.01. The summed E-state index contributed by atoms with van der Waals surface area (Å²) in [6.07, 6.45) is 4.31. The average molecular weight is 253 g/mol. The fourth-order valence-corrected chi connectivity index (χ4v) is 2.01. The number of halogens is 1. The third kappa shape index (κ3) is 1.69. The van der Waals surface area contributed by atoms with Gasteiger partial charge in [0.05, 0.1) is 11.7 Å². The number of hydrogen-bond donors (Lipinski definition) is 0. The third-order valence-corrected chi connectivity index (χ3v) is 3.05. The first-order valence-corrected chi connectivity index (χ1v) is 5.72. The van der Waals surface area contributed by atoms with Gasteiger partial charge in [0.2, 0.25) is 0 Å². The number of aryl methyl sites for hydroxylation is 1. The van der Waals surface area contributed by atoms with Gasteiger partial charge in [-0.05, 0) is 18.6 Å². The van der Waals surface area contributed by atoms with Crippen molar-refractivity contribution < 1.29 is 0 Å². The second-order valence-electron chi connectivity index (χ2n) is 3.39. The SMILES string of the molecule is CCCCn1ncc2c(Br)cccc21. The molecule has 0 atom stereocenters. The Morgan fingerprint density at radius 1 is 1.43 bits per heavy atom. The van der Waals surface area contributed by atoms with Gasteiger partial charge in [-0.2, -0.15) is 5.10 Å². The van der Waals surface area contributed by atoms with E-state index < -0.39 is 0 Å². The molecule has 3 heteroatoms. The van der Waals surface area contributed by atoms with E-state index in [1.165, 1.54) is 23.7 Å². The summed E-state index contributed by atoms with van der Waals surface area (Å²) in [5, 5.41) is 5.58. The van der Waals surface area contributed by atoms with Crippen molar-refractivity contribution in [1.29, 1.82) is 0 Å². The lowest BCUT2D eigenvalue weighted by Gasteiger charge is -2.01. The van der Waals surface area contributed by atoms with E-state index in [-0.39, 0.29) is 0 Å². The van der Waals surface area contributed by atoms with Crippen molar-refractivity contribution in [1.82, 2.24) is 9.78 Å². The van der Waals surface area contributed by atoms with Gasteiger partial charge in [-0.1, -0.05) is 35.3 Å². The first kappa shape index (κ1) is 9.71. The molecular formula is C11H13BrN2. The molecule has 0 N–H and O–H groups in total. The minimum Gasteiger partial charge on any atom is -0.265 e. The molecule has 0 aliphatic rings. The van der Waals surface area contributed by atoms with Crippen molar-refractivity contribution in [3.8, 4) is 0 Å². The highest BCUT2D eigenvalue weighted by Gasteiger charge is 2.03. The first-order valence-electron chi connectivity index (χ1n) is 4.93. The zero-order chi connectivity index (χ0) is 9.97. The van der Waals surface area contributed by atoms with E-state index in [1.807, 2.05) is 12.3 Å². The number of fused-ring (bicyclic) bond motifs is 1. The maximum atomic E-state index is 4.38. The lowest BCUT2D eigenvalue weighted by atomic mass is 10.2. The predicted molar refractivity (Wildman–Crippen MR) is 62.3 cm³/mol. The highest BCUT2D eigenvalue weighted by molar-refractivity contribution is 9.10. The number of nitrogens with zero attached hydrogens (tertiary/aromatic N) is 2. The fourth-order valence-electron chi connectivity index (χ4n) is 1.55. The molecule has 0 aliphatic heterocycles. The smallest absolute Gasteiger partial charge is 0.0693 e. The lowest BCUT2D eigenvalue weighted by Crippen LogP contribution is -1.98. The summed E-state index contributed by atoms with van der Waals surface area (Å²) in [6.45, 7) is 3.21. The standard InChI is InChI=1S/C11H13BrN2/c1-2-3-7-14-11-6-4-5-10(12)9(11)8-13-14/h4-6,8H,2-3,7H2,1H3. The van der Waals surface area contributed by atoms with E-state index in [2.05, 4.69) is 44.8 Å². The number of hydrogen-bond acceptors (Lipinski definition) is 1. The van der Waals surface area contributed by atoms with Gasteiger partial charge in [-0.25, -0.2) is 0 Å². The van der Waals surface area contributed by atoms with E-state index in [1.54, 1.807) is 0 Å². The van der Waals surface area contributed by atoms with Crippen LogP contribution < -0.4 is 0 Å². The van der Waals surface area contributed by atoms with Crippen molar-refractivity contribution in [3.05, 3.63) is 28.9 Å². The molecule has 0 saturated carbocycles. The molecule has 0 saturated heterocycles. The Morgan fingerprint density at radius 3 is 3.07 bits per heavy atom. The Balaban J connectivity index is 2.42. The Kier molecular flexibility index (Phi) is 2.87. The van der Waals surface area contributed by atoms with E-state index in [4.69, 9.17) is 0 Å². The van der Waals surface area contributed by atoms with Gasteiger partial charge < -0.3 is 0 Å². The Morgan fingerprint density at radius 2 is 2.29 bits per heavy atom. The average Bonchev–Trinajstić information content (AvgIpc) is 2.60. The molecule has 14 heavy (non-hydrogen) atoms. The van der Waals surface area contributed by atoms with Gasteiger partial charge in [-0.15, -0.1) is 0 Å². The van der Waals surface area contributed by atoms with Crippen LogP contribution >= 0.6 is 15.9 Å². The largest absolute Gasteiger partial charge is 0.265 e. The van der Waals surface area contributed by atoms with Crippen LogP contribution in [0.3, 0.4) is 0 Å². The Hall–Kier alpha value is -0.830. The van der Waals surface area contributed by atoms with Gasteiger partial charge in [0.25, 0.3) is 0 Å². The number of aromatic nitrogens is 2. The molecule has 0 amide bonds.